The zero-order valence-corrected chi connectivity index (χ0v) is 46.8. The van der Waals surface area contributed by atoms with Crippen molar-refractivity contribution in [3.05, 3.63) is 72.9 Å². The molecule has 0 aliphatic heterocycles. The summed E-state index contributed by atoms with van der Waals surface area (Å²) in [5.41, 5.74) is 0. The van der Waals surface area contributed by atoms with Crippen molar-refractivity contribution in [3.8, 4) is 0 Å². The summed E-state index contributed by atoms with van der Waals surface area (Å²) in [4.78, 5) is 25.6. The Morgan fingerprint density at radius 3 is 1.06 bits per heavy atom. The maximum Gasteiger partial charge on any atom is 0.306 e. The Hall–Kier alpha value is -2.66. The number of esters is 2. The predicted octanol–water partition coefficient (Wildman–Crippen LogP) is 21.0. The van der Waals surface area contributed by atoms with Crippen LogP contribution in [0.25, 0.3) is 0 Å². The maximum absolute atomic E-state index is 12.9. The zero-order valence-electron chi connectivity index (χ0n) is 46.8. The highest BCUT2D eigenvalue weighted by Crippen LogP contribution is 2.16. The van der Waals surface area contributed by atoms with Crippen molar-refractivity contribution in [2.45, 2.75) is 309 Å². The third-order valence-corrected chi connectivity index (χ3v) is 13.2. The molecule has 0 fully saturated rings. The van der Waals surface area contributed by atoms with E-state index in [1.54, 1.807) is 0 Å². The molecule has 70 heavy (non-hydrogen) atoms. The summed E-state index contributed by atoms with van der Waals surface area (Å²) in [7, 11) is 0. The molecular formula is C65H116O5. The van der Waals surface area contributed by atoms with Crippen LogP contribution in [0.4, 0.5) is 0 Å². The Morgan fingerprint density at radius 2 is 0.643 bits per heavy atom. The van der Waals surface area contributed by atoms with E-state index >= 15 is 0 Å². The van der Waals surface area contributed by atoms with Gasteiger partial charge in [-0.15, -0.1) is 0 Å². The van der Waals surface area contributed by atoms with Crippen LogP contribution in [0.1, 0.15) is 303 Å². The Balaban J connectivity index is 4.29. The lowest BCUT2D eigenvalue weighted by Crippen LogP contribution is -2.30. The molecule has 0 aromatic carbocycles. The van der Waals surface area contributed by atoms with E-state index in [0.717, 1.165) is 89.9 Å². The molecule has 0 spiro atoms. The Labute approximate surface area is 436 Å². The maximum atomic E-state index is 12.9. The number of hydrogen-bond donors (Lipinski definition) is 0. The highest BCUT2D eigenvalue weighted by molar-refractivity contribution is 5.70. The van der Waals surface area contributed by atoms with Crippen molar-refractivity contribution in [2.75, 3.05) is 19.8 Å². The monoisotopic (exact) mass is 977 g/mol. The number of rotatable bonds is 56. The lowest BCUT2D eigenvalue weighted by Gasteiger charge is -2.18. The van der Waals surface area contributed by atoms with E-state index in [4.69, 9.17) is 14.2 Å². The molecule has 406 valence electrons. The molecule has 0 aromatic rings. The summed E-state index contributed by atoms with van der Waals surface area (Å²) < 4.78 is 17.5. The largest absolute Gasteiger partial charge is 0.462 e. The van der Waals surface area contributed by atoms with Gasteiger partial charge in [0, 0.05) is 19.4 Å². The van der Waals surface area contributed by atoms with Gasteiger partial charge >= 0.3 is 11.9 Å². The quantitative estimate of drug-likeness (QED) is 0.0345. The van der Waals surface area contributed by atoms with Gasteiger partial charge in [0.15, 0.2) is 6.10 Å². The van der Waals surface area contributed by atoms with E-state index in [-0.39, 0.29) is 25.2 Å². The Morgan fingerprint density at radius 1 is 0.329 bits per heavy atom. The smallest absolute Gasteiger partial charge is 0.306 e. The molecule has 0 rings (SSSR count). The third-order valence-electron chi connectivity index (χ3n) is 13.2. The molecular weight excluding hydrogens is 861 g/mol. The molecule has 1 unspecified atom stereocenters. The van der Waals surface area contributed by atoms with E-state index in [1.807, 2.05) is 0 Å². The van der Waals surface area contributed by atoms with Gasteiger partial charge in [0.25, 0.3) is 0 Å². The zero-order chi connectivity index (χ0) is 50.6. The molecule has 0 bridgehead atoms. The number of ether oxygens (including phenoxy) is 3. The van der Waals surface area contributed by atoms with Crippen molar-refractivity contribution in [1.82, 2.24) is 0 Å². The lowest BCUT2D eigenvalue weighted by atomic mass is 10.0. The fourth-order valence-corrected chi connectivity index (χ4v) is 8.71. The van der Waals surface area contributed by atoms with Crippen LogP contribution in [0.2, 0.25) is 0 Å². The standard InChI is InChI=1S/C65H116O5/c1-4-7-10-13-16-19-22-25-28-31-33-35-37-40-43-46-49-52-55-58-64(66)69-62-63(61-68-60-57-54-51-48-45-42-39-30-27-24-21-18-15-12-9-6-3)70-65(67)59-56-53-50-47-44-41-38-36-34-32-29-26-23-20-17-14-11-8-5-2/h9,12,16,18-19,21,25,27-28,30,33,35,63H,4-8,10-11,13-15,17,20,22-24,26,29,31-32,34,36-62H2,1-3H3/b12-9-,19-16-,21-18-,28-25-,30-27-,35-33-. The molecule has 0 aromatic heterocycles. The van der Waals surface area contributed by atoms with E-state index < -0.39 is 6.10 Å². The van der Waals surface area contributed by atoms with Crippen LogP contribution in [0.15, 0.2) is 72.9 Å². The average molecular weight is 978 g/mol. The molecule has 0 heterocycles. The highest BCUT2D eigenvalue weighted by Gasteiger charge is 2.17. The second-order valence-electron chi connectivity index (χ2n) is 20.2. The summed E-state index contributed by atoms with van der Waals surface area (Å²) in [6.45, 7) is 7.70. The van der Waals surface area contributed by atoms with Crippen molar-refractivity contribution in [3.63, 3.8) is 0 Å². The van der Waals surface area contributed by atoms with Crippen LogP contribution in [0, 0.1) is 0 Å². The van der Waals surface area contributed by atoms with Gasteiger partial charge < -0.3 is 14.2 Å². The van der Waals surface area contributed by atoms with Crippen LogP contribution < -0.4 is 0 Å². The van der Waals surface area contributed by atoms with Gasteiger partial charge in [0.1, 0.15) is 6.61 Å². The van der Waals surface area contributed by atoms with E-state index in [1.165, 1.54) is 180 Å². The molecule has 1 atom stereocenters. The number of hydrogen-bond acceptors (Lipinski definition) is 5. The Kier molecular flexibility index (Phi) is 58.3. The minimum Gasteiger partial charge on any atom is -0.462 e. The van der Waals surface area contributed by atoms with Gasteiger partial charge in [0.2, 0.25) is 0 Å². The molecule has 0 aliphatic rings. The molecule has 5 nitrogen and oxygen atoms in total. The van der Waals surface area contributed by atoms with E-state index in [2.05, 4.69) is 93.7 Å². The molecule has 0 aliphatic carbocycles. The van der Waals surface area contributed by atoms with Crippen LogP contribution in [-0.2, 0) is 23.8 Å². The van der Waals surface area contributed by atoms with Crippen LogP contribution >= 0.6 is 0 Å². The number of carbonyl (C=O) groups excluding carboxylic acids is 2. The topological polar surface area (TPSA) is 61.8 Å². The summed E-state index contributed by atoms with van der Waals surface area (Å²) in [6.07, 6.45) is 79.3. The SMILES string of the molecule is CC/C=C\C/C=C\C/C=C\CCCCCCCCOCC(COC(=O)CCCCCCCC/C=C\C/C=C\C/C=C\CCCCC)OC(=O)CCCCCCCCCCCCCCCCCCCCC. The summed E-state index contributed by atoms with van der Waals surface area (Å²) in [5.74, 6) is -0.406. The molecule has 5 heteroatoms. The lowest BCUT2D eigenvalue weighted by molar-refractivity contribution is -0.163. The Bertz CT molecular complexity index is 1240. The van der Waals surface area contributed by atoms with E-state index in [9.17, 15) is 9.59 Å². The summed E-state index contributed by atoms with van der Waals surface area (Å²) >= 11 is 0. The van der Waals surface area contributed by atoms with Gasteiger partial charge in [-0.1, -0.05) is 273 Å². The number of allylic oxidation sites excluding steroid dienone is 12. The predicted molar refractivity (Wildman–Crippen MR) is 307 cm³/mol. The molecule has 0 amide bonds. The molecule has 0 saturated heterocycles. The van der Waals surface area contributed by atoms with Gasteiger partial charge in [0.05, 0.1) is 6.61 Å². The first kappa shape index (κ1) is 67.3. The second-order valence-corrected chi connectivity index (χ2v) is 20.2. The summed E-state index contributed by atoms with van der Waals surface area (Å²) in [6, 6.07) is 0. The van der Waals surface area contributed by atoms with Crippen LogP contribution in [0.5, 0.6) is 0 Å². The van der Waals surface area contributed by atoms with Crippen LogP contribution in [-0.4, -0.2) is 37.9 Å². The fraction of sp³-hybridized carbons (Fsp3) is 0.785. The van der Waals surface area contributed by atoms with Gasteiger partial charge in [-0.05, 0) is 89.9 Å². The number of unbranched alkanes of at least 4 members (excludes halogenated alkanes) is 33. The molecule has 0 N–H and O–H groups in total. The normalized spacial score (nSPS) is 12.7. The highest BCUT2D eigenvalue weighted by atomic mass is 16.6. The van der Waals surface area contributed by atoms with Crippen molar-refractivity contribution in [1.29, 1.82) is 0 Å². The van der Waals surface area contributed by atoms with Crippen LogP contribution in [0.3, 0.4) is 0 Å². The third kappa shape index (κ3) is 57.9. The van der Waals surface area contributed by atoms with Gasteiger partial charge in [-0.2, -0.15) is 0 Å². The molecule has 0 saturated carbocycles. The minimum absolute atomic E-state index is 0.0737. The molecule has 0 radical (unpaired) electrons. The first-order valence-corrected chi connectivity index (χ1v) is 30.5. The second kappa shape index (κ2) is 60.6. The van der Waals surface area contributed by atoms with Crippen molar-refractivity contribution >= 4 is 11.9 Å². The minimum atomic E-state index is -0.550. The fourth-order valence-electron chi connectivity index (χ4n) is 8.71. The number of carbonyl (C=O) groups is 2. The van der Waals surface area contributed by atoms with Gasteiger partial charge in [-0.3, -0.25) is 9.59 Å². The van der Waals surface area contributed by atoms with Gasteiger partial charge in [-0.25, -0.2) is 0 Å². The summed E-state index contributed by atoms with van der Waals surface area (Å²) in [5, 5.41) is 0. The van der Waals surface area contributed by atoms with E-state index in [0.29, 0.717) is 19.4 Å². The first-order chi connectivity index (χ1) is 34.6. The van der Waals surface area contributed by atoms with Crippen molar-refractivity contribution in [2.24, 2.45) is 0 Å². The first-order valence-electron chi connectivity index (χ1n) is 30.5. The van der Waals surface area contributed by atoms with Crippen molar-refractivity contribution < 1.29 is 23.8 Å². The average Bonchev–Trinajstić information content (AvgIpc) is 3.36.